The second-order valence-corrected chi connectivity index (χ2v) is 5.90. The maximum absolute atomic E-state index is 12.4. The van der Waals surface area contributed by atoms with Crippen LogP contribution in [-0.4, -0.2) is 47.6 Å². The van der Waals surface area contributed by atoms with Gasteiger partial charge in [0.15, 0.2) is 0 Å². The molecule has 1 amide bonds. The highest BCUT2D eigenvalue weighted by molar-refractivity contribution is 7.14. The lowest BCUT2D eigenvalue weighted by molar-refractivity contribution is 0.0952. The molecule has 5 nitrogen and oxygen atoms in total. The predicted octanol–water partition coefficient (Wildman–Crippen LogP) is 2.14. The van der Waals surface area contributed by atoms with Crippen LogP contribution in [0.5, 0.6) is 0 Å². The first-order chi connectivity index (χ1) is 10.2. The molecule has 2 aromatic carbocycles. The van der Waals surface area contributed by atoms with Crippen molar-refractivity contribution in [3.8, 4) is 0 Å². The third kappa shape index (κ3) is 2.72. The predicted molar refractivity (Wildman–Crippen MR) is 85.8 cm³/mol. The number of hydrogen-bond acceptors (Lipinski definition) is 5. The molecule has 108 valence electrons. The molecule has 3 rings (SSSR count). The fourth-order valence-corrected chi connectivity index (χ4v) is 2.97. The smallest absolute Gasteiger partial charge is 0.251 e. The van der Waals surface area contributed by atoms with Crippen molar-refractivity contribution in [1.82, 2.24) is 19.8 Å². The van der Waals surface area contributed by atoms with Crippen LogP contribution in [-0.2, 0) is 0 Å². The van der Waals surface area contributed by atoms with Crippen molar-refractivity contribution in [2.75, 3.05) is 27.2 Å². The molecule has 0 saturated heterocycles. The summed E-state index contributed by atoms with van der Waals surface area (Å²) >= 11 is 1.36. The maximum atomic E-state index is 12.4. The first-order valence-electron chi connectivity index (χ1n) is 6.73. The Kier molecular flexibility index (Phi) is 3.81. The average molecular weight is 300 g/mol. The van der Waals surface area contributed by atoms with Gasteiger partial charge < -0.3 is 10.2 Å². The van der Waals surface area contributed by atoms with Crippen LogP contribution in [0.2, 0.25) is 0 Å². The van der Waals surface area contributed by atoms with E-state index in [1.54, 1.807) is 0 Å². The van der Waals surface area contributed by atoms with Gasteiger partial charge in [-0.05, 0) is 43.1 Å². The minimum atomic E-state index is -0.0423. The molecule has 21 heavy (non-hydrogen) atoms. The SMILES string of the molecule is CN(C)CCNC(=O)c1cccc2c1ccc1nnsc12. The van der Waals surface area contributed by atoms with Gasteiger partial charge in [0, 0.05) is 24.0 Å². The van der Waals surface area contributed by atoms with Gasteiger partial charge in [-0.25, -0.2) is 0 Å². The minimum absolute atomic E-state index is 0.0423. The normalized spacial score (nSPS) is 11.4. The molecule has 6 heteroatoms. The molecule has 1 heterocycles. The number of likely N-dealkylation sites (N-methyl/N-ethyl adjacent to an activating group) is 1. The van der Waals surface area contributed by atoms with E-state index in [0.29, 0.717) is 12.1 Å². The van der Waals surface area contributed by atoms with Crippen molar-refractivity contribution in [2.24, 2.45) is 0 Å². The summed E-state index contributed by atoms with van der Waals surface area (Å²) in [6, 6.07) is 9.63. The minimum Gasteiger partial charge on any atom is -0.351 e. The summed E-state index contributed by atoms with van der Waals surface area (Å²) in [6.07, 6.45) is 0. The summed E-state index contributed by atoms with van der Waals surface area (Å²) in [4.78, 5) is 14.4. The first kappa shape index (κ1) is 13.9. The van der Waals surface area contributed by atoms with Gasteiger partial charge in [-0.2, -0.15) is 0 Å². The molecule has 1 N–H and O–H groups in total. The molecule has 0 atom stereocenters. The van der Waals surface area contributed by atoms with Crippen molar-refractivity contribution >= 4 is 38.4 Å². The largest absolute Gasteiger partial charge is 0.351 e. The zero-order chi connectivity index (χ0) is 14.8. The van der Waals surface area contributed by atoms with Gasteiger partial charge in [0.05, 0.1) is 4.70 Å². The zero-order valence-corrected chi connectivity index (χ0v) is 12.8. The molecule has 3 aromatic rings. The lowest BCUT2D eigenvalue weighted by atomic mass is 10.0. The molecule has 0 unspecified atom stereocenters. The van der Waals surface area contributed by atoms with Crippen molar-refractivity contribution in [2.45, 2.75) is 0 Å². The van der Waals surface area contributed by atoms with E-state index in [4.69, 9.17) is 0 Å². The van der Waals surface area contributed by atoms with Gasteiger partial charge in [-0.15, -0.1) is 5.10 Å². The highest BCUT2D eigenvalue weighted by Crippen LogP contribution is 2.28. The molecule has 0 spiro atoms. The van der Waals surface area contributed by atoms with Crippen molar-refractivity contribution in [1.29, 1.82) is 0 Å². The summed E-state index contributed by atoms with van der Waals surface area (Å²) in [5.74, 6) is -0.0423. The second kappa shape index (κ2) is 5.75. The van der Waals surface area contributed by atoms with E-state index in [0.717, 1.165) is 27.5 Å². The van der Waals surface area contributed by atoms with Crippen LogP contribution in [0.25, 0.3) is 21.0 Å². The van der Waals surface area contributed by atoms with Crippen LogP contribution in [0.3, 0.4) is 0 Å². The van der Waals surface area contributed by atoms with Crippen LogP contribution in [0.4, 0.5) is 0 Å². The zero-order valence-electron chi connectivity index (χ0n) is 12.0. The number of rotatable bonds is 4. The van der Waals surface area contributed by atoms with E-state index in [-0.39, 0.29) is 5.91 Å². The number of hydrogen-bond donors (Lipinski definition) is 1. The van der Waals surface area contributed by atoms with Gasteiger partial charge in [-0.1, -0.05) is 22.7 Å². The maximum Gasteiger partial charge on any atom is 0.251 e. The topological polar surface area (TPSA) is 58.1 Å². The van der Waals surface area contributed by atoms with E-state index in [1.165, 1.54) is 11.5 Å². The Hall–Kier alpha value is -2.05. The molecular weight excluding hydrogens is 284 g/mol. The molecule has 1 aromatic heterocycles. The van der Waals surface area contributed by atoms with Crippen molar-refractivity contribution in [3.63, 3.8) is 0 Å². The number of benzene rings is 2. The molecule has 0 saturated carbocycles. The van der Waals surface area contributed by atoms with Gasteiger partial charge in [0.2, 0.25) is 0 Å². The Labute approximate surface area is 126 Å². The van der Waals surface area contributed by atoms with E-state index in [1.807, 2.05) is 49.3 Å². The number of amides is 1. The summed E-state index contributed by atoms with van der Waals surface area (Å²) in [5.41, 5.74) is 1.57. The molecule has 0 aliphatic heterocycles. The molecule has 0 fully saturated rings. The van der Waals surface area contributed by atoms with Gasteiger partial charge >= 0.3 is 0 Å². The summed E-state index contributed by atoms with van der Waals surface area (Å²) < 4.78 is 5.00. The second-order valence-electron chi connectivity index (χ2n) is 5.15. The van der Waals surface area contributed by atoms with Crippen LogP contribution in [0.1, 0.15) is 10.4 Å². The third-order valence-electron chi connectivity index (χ3n) is 3.36. The lowest BCUT2D eigenvalue weighted by Gasteiger charge is -2.11. The van der Waals surface area contributed by atoms with Gasteiger partial charge in [0.1, 0.15) is 5.52 Å². The number of aromatic nitrogens is 2. The number of nitrogens with one attached hydrogen (secondary N) is 1. The standard InChI is InChI=1S/C15H16N4OS/c1-19(2)9-8-16-15(20)12-5-3-4-11-10(12)6-7-13-14(11)21-18-17-13/h3-7H,8-9H2,1-2H3,(H,16,20). The quantitative estimate of drug-likeness (QED) is 0.802. The Morgan fingerprint density at radius 1 is 1.24 bits per heavy atom. The summed E-state index contributed by atoms with van der Waals surface area (Å²) in [6.45, 7) is 1.45. The summed E-state index contributed by atoms with van der Waals surface area (Å²) in [7, 11) is 3.97. The highest BCUT2D eigenvalue weighted by Gasteiger charge is 2.12. The van der Waals surface area contributed by atoms with Crippen LogP contribution >= 0.6 is 11.5 Å². The van der Waals surface area contributed by atoms with Gasteiger partial charge in [-0.3, -0.25) is 4.79 Å². The van der Waals surface area contributed by atoms with Crippen LogP contribution < -0.4 is 5.32 Å². The van der Waals surface area contributed by atoms with Crippen molar-refractivity contribution in [3.05, 3.63) is 35.9 Å². The van der Waals surface area contributed by atoms with E-state index >= 15 is 0 Å². The Balaban J connectivity index is 1.97. The first-order valence-corrected chi connectivity index (χ1v) is 7.51. The van der Waals surface area contributed by atoms with Crippen LogP contribution in [0, 0.1) is 0 Å². The molecular formula is C15H16N4OS. The van der Waals surface area contributed by atoms with E-state index < -0.39 is 0 Å². The molecule has 0 aliphatic rings. The Morgan fingerprint density at radius 3 is 2.90 bits per heavy atom. The number of fused-ring (bicyclic) bond motifs is 3. The number of carbonyl (C=O) groups excluding carboxylic acids is 1. The monoisotopic (exact) mass is 300 g/mol. The fourth-order valence-electron chi connectivity index (χ4n) is 2.28. The third-order valence-corrected chi connectivity index (χ3v) is 4.14. The van der Waals surface area contributed by atoms with E-state index in [9.17, 15) is 4.79 Å². The summed E-state index contributed by atoms with van der Waals surface area (Å²) in [5, 5.41) is 9.00. The lowest BCUT2D eigenvalue weighted by Crippen LogP contribution is -2.31. The van der Waals surface area contributed by atoms with Crippen molar-refractivity contribution < 1.29 is 4.79 Å². The van der Waals surface area contributed by atoms with E-state index in [2.05, 4.69) is 14.9 Å². The molecule has 0 aliphatic carbocycles. The Bertz CT molecular complexity index is 797. The Morgan fingerprint density at radius 2 is 2.10 bits per heavy atom. The average Bonchev–Trinajstić information content (AvgIpc) is 2.94. The molecule has 0 radical (unpaired) electrons. The molecule has 0 bridgehead atoms. The fraction of sp³-hybridized carbons (Fsp3) is 0.267. The number of carbonyl (C=O) groups is 1. The van der Waals surface area contributed by atoms with Gasteiger partial charge in [0.25, 0.3) is 5.91 Å². The highest BCUT2D eigenvalue weighted by atomic mass is 32.1. The van der Waals surface area contributed by atoms with Crippen LogP contribution in [0.15, 0.2) is 30.3 Å². The number of nitrogens with zero attached hydrogens (tertiary/aromatic N) is 3.